The molecule has 0 aliphatic carbocycles. The first-order valence-corrected chi connectivity index (χ1v) is 8.09. The number of para-hydroxylation sites is 1. The fourth-order valence-electron chi connectivity index (χ4n) is 2.09. The van der Waals surface area contributed by atoms with E-state index < -0.39 is 10.0 Å². The van der Waals surface area contributed by atoms with Crippen molar-refractivity contribution in [2.24, 2.45) is 7.05 Å². The second kappa shape index (κ2) is 6.05. The Bertz CT molecular complexity index is 729. The van der Waals surface area contributed by atoms with Crippen molar-refractivity contribution in [1.82, 2.24) is 9.78 Å². The molecule has 0 bridgehead atoms. The number of sulfonamides is 1. The minimum absolute atomic E-state index is 0.0380. The summed E-state index contributed by atoms with van der Waals surface area (Å²) in [6.45, 7) is 1.23. The van der Waals surface area contributed by atoms with E-state index in [9.17, 15) is 13.5 Å². The van der Waals surface area contributed by atoms with Crippen molar-refractivity contribution < 1.29 is 13.5 Å². The monoisotopic (exact) mass is 329 g/mol. The van der Waals surface area contributed by atoms with Crippen molar-refractivity contribution >= 4 is 27.3 Å². The Labute approximate surface area is 128 Å². The number of hydrogen-bond donors (Lipinski definition) is 1. The standard InChI is InChI=1S/C13H16ClN3O3S/c1-10-12(13(14)16(2)15-10)21(19,20)17(8-9-18)11-6-4-3-5-7-11/h3-7,18H,8-9H2,1-2H3. The van der Waals surface area contributed by atoms with Gasteiger partial charge in [0.1, 0.15) is 10.0 Å². The number of hydrogen-bond acceptors (Lipinski definition) is 4. The molecule has 0 spiro atoms. The lowest BCUT2D eigenvalue weighted by atomic mass is 10.3. The van der Waals surface area contributed by atoms with Gasteiger partial charge in [-0.15, -0.1) is 0 Å². The zero-order chi connectivity index (χ0) is 15.6. The van der Waals surface area contributed by atoms with Crippen LogP contribution in [0.2, 0.25) is 5.15 Å². The van der Waals surface area contributed by atoms with Crippen molar-refractivity contribution in [3.63, 3.8) is 0 Å². The van der Waals surface area contributed by atoms with E-state index in [1.165, 1.54) is 4.68 Å². The Morgan fingerprint density at radius 3 is 2.43 bits per heavy atom. The van der Waals surface area contributed by atoms with E-state index in [-0.39, 0.29) is 23.2 Å². The summed E-state index contributed by atoms with van der Waals surface area (Å²) < 4.78 is 28.1. The van der Waals surface area contributed by atoms with Crippen LogP contribution in [0.5, 0.6) is 0 Å². The summed E-state index contributed by atoms with van der Waals surface area (Å²) in [6, 6.07) is 8.56. The van der Waals surface area contributed by atoms with E-state index in [0.717, 1.165) is 4.31 Å². The summed E-state index contributed by atoms with van der Waals surface area (Å²) in [5.74, 6) is 0. The zero-order valence-electron chi connectivity index (χ0n) is 11.7. The molecule has 0 unspecified atom stereocenters. The quantitative estimate of drug-likeness (QED) is 0.903. The number of aryl methyl sites for hydroxylation is 2. The van der Waals surface area contributed by atoms with Gasteiger partial charge in [-0.2, -0.15) is 5.10 Å². The van der Waals surface area contributed by atoms with Crippen molar-refractivity contribution in [2.45, 2.75) is 11.8 Å². The van der Waals surface area contributed by atoms with Crippen LogP contribution in [0.3, 0.4) is 0 Å². The number of benzene rings is 1. The molecule has 21 heavy (non-hydrogen) atoms. The Morgan fingerprint density at radius 1 is 1.33 bits per heavy atom. The van der Waals surface area contributed by atoms with Gasteiger partial charge in [-0.3, -0.25) is 8.99 Å². The van der Waals surface area contributed by atoms with Gasteiger partial charge in [0.2, 0.25) is 0 Å². The Morgan fingerprint density at radius 2 is 1.95 bits per heavy atom. The molecule has 8 heteroatoms. The summed E-state index contributed by atoms with van der Waals surface area (Å²) in [5.41, 5.74) is 0.784. The molecule has 0 aliphatic heterocycles. The molecule has 114 valence electrons. The summed E-state index contributed by atoms with van der Waals surface area (Å²) in [4.78, 5) is -0.0380. The lowest BCUT2D eigenvalue weighted by molar-refractivity contribution is 0.306. The van der Waals surface area contributed by atoms with Crippen LogP contribution in [0.25, 0.3) is 0 Å². The van der Waals surface area contributed by atoms with Crippen LogP contribution in [0.1, 0.15) is 5.69 Å². The molecule has 0 saturated carbocycles. The third-order valence-corrected chi connectivity index (χ3v) is 5.52. The smallest absolute Gasteiger partial charge is 0.269 e. The molecule has 0 aliphatic rings. The average Bonchev–Trinajstić information content (AvgIpc) is 2.70. The van der Waals surface area contributed by atoms with Crippen molar-refractivity contribution in [1.29, 1.82) is 0 Å². The summed E-state index contributed by atoms with van der Waals surface area (Å²) >= 11 is 6.06. The highest BCUT2D eigenvalue weighted by atomic mass is 35.5. The number of aliphatic hydroxyl groups excluding tert-OH is 1. The van der Waals surface area contributed by atoms with Gasteiger partial charge in [0.05, 0.1) is 24.5 Å². The lowest BCUT2D eigenvalue weighted by Crippen LogP contribution is -2.34. The third kappa shape index (κ3) is 2.90. The molecule has 0 radical (unpaired) electrons. The Balaban J connectivity index is 2.58. The van der Waals surface area contributed by atoms with Crippen LogP contribution >= 0.6 is 11.6 Å². The second-order valence-electron chi connectivity index (χ2n) is 4.47. The minimum atomic E-state index is -3.90. The predicted octanol–water partition coefficient (Wildman–Crippen LogP) is 1.57. The van der Waals surface area contributed by atoms with Crippen LogP contribution in [-0.4, -0.2) is 36.5 Å². The first-order valence-electron chi connectivity index (χ1n) is 6.27. The maximum atomic E-state index is 12.9. The first kappa shape index (κ1) is 15.8. The van der Waals surface area contributed by atoms with E-state index in [2.05, 4.69) is 5.10 Å². The van der Waals surface area contributed by atoms with Crippen molar-refractivity contribution in [3.8, 4) is 0 Å². The number of aromatic nitrogens is 2. The first-order chi connectivity index (χ1) is 9.89. The number of anilines is 1. The molecular weight excluding hydrogens is 314 g/mol. The number of nitrogens with zero attached hydrogens (tertiary/aromatic N) is 3. The molecule has 6 nitrogen and oxygen atoms in total. The zero-order valence-corrected chi connectivity index (χ0v) is 13.3. The third-order valence-electron chi connectivity index (χ3n) is 3.00. The van der Waals surface area contributed by atoms with Gasteiger partial charge in [0, 0.05) is 7.05 Å². The summed E-state index contributed by atoms with van der Waals surface area (Å²) in [7, 11) is -2.32. The van der Waals surface area contributed by atoms with E-state index >= 15 is 0 Å². The lowest BCUT2D eigenvalue weighted by Gasteiger charge is -2.23. The van der Waals surface area contributed by atoms with Gasteiger partial charge in [-0.05, 0) is 19.1 Å². The molecule has 0 atom stereocenters. The highest BCUT2D eigenvalue weighted by Gasteiger charge is 2.31. The van der Waals surface area contributed by atoms with Gasteiger partial charge in [-0.1, -0.05) is 29.8 Å². The predicted molar refractivity (Wildman–Crippen MR) is 81.0 cm³/mol. The maximum Gasteiger partial charge on any atom is 0.269 e. The normalized spacial score (nSPS) is 11.6. The van der Waals surface area contributed by atoms with Gasteiger partial charge < -0.3 is 5.11 Å². The average molecular weight is 330 g/mol. The minimum Gasteiger partial charge on any atom is -0.394 e. The van der Waals surface area contributed by atoms with Crippen molar-refractivity contribution in [3.05, 3.63) is 41.2 Å². The van der Waals surface area contributed by atoms with Gasteiger partial charge >= 0.3 is 0 Å². The van der Waals surface area contributed by atoms with Crippen molar-refractivity contribution in [2.75, 3.05) is 17.5 Å². The van der Waals surface area contributed by atoms with E-state index in [1.807, 2.05) is 0 Å². The molecule has 1 N–H and O–H groups in total. The van der Waals surface area contributed by atoms with Crippen LogP contribution in [0, 0.1) is 6.92 Å². The number of halogens is 1. The molecule has 2 aromatic rings. The SMILES string of the molecule is Cc1nn(C)c(Cl)c1S(=O)(=O)N(CCO)c1ccccc1. The maximum absolute atomic E-state index is 12.9. The fourth-order valence-corrected chi connectivity index (χ4v) is 4.25. The molecule has 1 heterocycles. The molecular formula is C13H16ClN3O3S. The van der Waals surface area contributed by atoms with Crippen LogP contribution in [0.15, 0.2) is 35.2 Å². The van der Waals surface area contributed by atoms with Crippen LogP contribution in [0.4, 0.5) is 5.69 Å². The number of aliphatic hydroxyl groups is 1. The molecule has 0 saturated heterocycles. The fraction of sp³-hybridized carbons (Fsp3) is 0.308. The highest BCUT2D eigenvalue weighted by Crippen LogP contribution is 2.30. The molecule has 2 rings (SSSR count). The largest absolute Gasteiger partial charge is 0.394 e. The van der Waals surface area contributed by atoms with E-state index in [1.54, 1.807) is 44.3 Å². The van der Waals surface area contributed by atoms with E-state index in [4.69, 9.17) is 11.6 Å². The second-order valence-corrected chi connectivity index (χ2v) is 6.62. The molecule has 1 aromatic heterocycles. The molecule has 0 fully saturated rings. The molecule has 1 aromatic carbocycles. The highest BCUT2D eigenvalue weighted by molar-refractivity contribution is 7.93. The Kier molecular flexibility index (Phi) is 4.55. The van der Waals surface area contributed by atoms with Crippen LogP contribution < -0.4 is 4.31 Å². The summed E-state index contributed by atoms with van der Waals surface area (Å²) in [6.07, 6.45) is 0. The van der Waals surface area contributed by atoms with E-state index in [0.29, 0.717) is 11.4 Å². The number of rotatable bonds is 5. The Hall–Kier alpha value is -1.57. The van der Waals surface area contributed by atoms with Gasteiger partial charge in [0.15, 0.2) is 0 Å². The summed E-state index contributed by atoms with van der Waals surface area (Å²) in [5, 5.41) is 13.3. The topological polar surface area (TPSA) is 75.4 Å². The van der Waals surface area contributed by atoms with Gasteiger partial charge in [0.25, 0.3) is 10.0 Å². The van der Waals surface area contributed by atoms with Crippen LogP contribution in [-0.2, 0) is 17.1 Å². The van der Waals surface area contributed by atoms with Gasteiger partial charge in [-0.25, -0.2) is 8.42 Å². The molecule has 0 amide bonds.